The zero-order chi connectivity index (χ0) is 19.7. The van der Waals surface area contributed by atoms with Crippen molar-refractivity contribution in [2.45, 2.75) is 96.5 Å². The maximum atomic E-state index is 12.3. The van der Waals surface area contributed by atoms with Gasteiger partial charge in [-0.3, -0.25) is 9.59 Å². The molecule has 4 nitrogen and oxygen atoms in total. The third-order valence-electron chi connectivity index (χ3n) is 6.77. The van der Waals surface area contributed by atoms with Crippen LogP contribution < -0.4 is 0 Å². The molecule has 0 aromatic rings. The number of Topliss-reactive ketones (excluding diaryl/α,β-unsaturated/α-hetero) is 2. The van der Waals surface area contributed by atoms with Gasteiger partial charge in [0.2, 0.25) is 0 Å². The van der Waals surface area contributed by atoms with Crippen LogP contribution in [0.25, 0.3) is 0 Å². The minimum absolute atomic E-state index is 0.156. The Morgan fingerprint density at radius 3 is 2.70 bits per heavy atom. The van der Waals surface area contributed by atoms with E-state index in [9.17, 15) is 14.7 Å². The summed E-state index contributed by atoms with van der Waals surface area (Å²) in [5.74, 6) is 0.674. The molecule has 1 unspecified atom stereocenters. The van der Waals surface area contributed by atoms with E-state index in [0.717, 1.165) is 32.1 Å². The van der Waals surface area contributed by atoms with Crippen molar-refractivity contribution in [3.8, 4) is 0 Å². The number of hydrogen-bond acceptors (Lipinski definition) is 4. The van der Waals surface area contributed by atoms with Crippen molar-refractivity contribution in [2.75, 3.05) is 6.61 Å². The van der Waals surface area contributed by atoms with Gasteiger partial charge >= 0.3 is 0 Å². The van der Waals surface area contributed by atoms with Gasteiger partial charge in [-0.05, 0) is 56.3 Å². The Hall–Kier alpha value is -1.00. The second-order valence-corrected chi connectivity index (χ2v) is 8.78. The minimum Gasteiger partial charge on any atom is -0.393 e. The molecule has 0 bridgehead atoms. The number of carbonyl (C=O) groups excluding carboxylic acids is 2. The SMILES string of the molecule is CCCC1(CC=C[C@H]2CCC(=O)[C@@H]2CCCCCC(=O)C(O)CO)CCC1. The molecule has 0 saturated heterocycles. The molecule has 2 N–H and O–H groups in total. The van der Waals surface area contributed by atoms with E-state index in [1.54, 1.807) is 0 Å². The lowest BCUT2D eigenvalue weighted by Crippen LogP contribution is -2.28. The molecule has 2 rings (SSSR count). The summed E-state index contributed by atoms with van der Waals surface area (Å²) in [6.45, 7) is 1.77. The van der Waals surface area contributed by atoms with Gasteiger partial charge in [0.15, 0.2) is 5.78 Å². The van der Waals surface area contributed by atoms with Crippen LogP contribution >= 0.6 is 0 Å². The monoisotopic (exact) mass is 378 g/mol. The molecule has 0 radical (unpaired) electrons. The smallest absolute Gasteiger partial charge is 0.163 e. The maximum Gasteiger partial charge on any atom is 0.163 e. The highest BCUT2D eigenvalue weighted by Crippen LogP contribution is 2.48. The van der Waals surface area contributed by atoms with Crippen LogP contribution in [0.3, 0.4) is 0 Å². The van der Waals surface area contributed by atoms with Crippen molar-refractivity contribution >= 4 is 11.6 Å². The molecule has 4 heteroatoms. The highest BCUT2D eigenvalue weighted by molar-refractivity contribution is 5.83. The number of rotatable bonds is 13. The highest BCUT2D eigenvalue weighted by atomic mass is 16.3. The molecule has 0 aromatic carbocycles. The number of unbranched alkanes of at least 4 members (excludes halogenated alkanes) is 2. The van der Waals surface area contributed by atoms with Crippen LogP contribution in [-0.2, 0) is 9.59 Å². The molecule has 2 aliphatic carbocycles. The molecule has 0 heterocycles. The number of hydrogen-bond donors (Lipinski definition) is 2. The quantitative estimate of drug-likeness (QED) is 0.369. The topological polar surface area (TPSA) is 74.6 Å². The van der Waals surface area contributed by atoms with Gasteiger partial charge in [0.05, 0.1) is 6.61 Å². The largest absolute Gasteiger partial charge is 0.393 e. The molecule has 2 fully saturated rings. The maximum absolute atomic E-state index is 12.3. The summed E-state index contributed by atoms with van der Waals surface area (Å²) < 4.78 is 0. The van der Waals surface area contributed by atoms with Gasteiger partial charge in [-0.15, -0.1) is 0 Å². The first kappa shape index (κ1) is 22.3. The Kier molecular flexibility index (Phi) is 9.17. The van der Waals surface area contributed by atoms with E-state index < -0.39 is 12.7 Å². The fourth-order valence-electron chi connectivity index (χ4n) is 4.90. The Bertz CT molecular complexity index is 507. The molecule has 0 aromatic heterocycles. The normalized spacial score (nSPS) is 25.7. The molecular weight excluding hydrogens is 340 g/mol. The van der Waals surface area contributed by atoms with Gasteiger partial charge < -0.3 is 10.2 Å². The van der Waals surface area contributed by atoms with Gasteiger partial charge in [-0.1, -0.05) is 44.8 Å². The number of ketones is 2. The van der Waals surface area contributed by atoms with E-state index in [-0.39, 0.29) is 11.7 Å². The molecule has 2 aliphatic rings. The third kappa shape index (κ3) is 6.53. The molecule has 27 heavy (non-hydrogen) atoms. The fourth-order valence-corrected chi connectivity index (χ4v) is 4.90. The van der Waals surface area contributed by atoms with E-state index in [0.29, 0.717) is 30.0 Å². The predicted molar refractivity (Wildman–Crippen MR) is 107 cm³/mol. The summed E-state index contributed by atoms with van der Waals surface area (Å²) in [6, 6.07) is 0. The predicted octanol–water partition coefficient (Wildman–Crippen LogP) is 4.37. The van der Waals surface area contributed by atoms with Gasteiger partial charge in [0.25, 0.3) is 0 Å². The van der Waals surface area contributed by atoms with Crippen LogP contribution in [0.2, 0.25) is 0 Å². The first-order valence-electron chi connectivity index (χ1n) is 11.0. The van der Waals surface area contributed by atoms with Crippen molar-refractivity contribution in [3.63, 3.8) is 0 Å². The summed E-state index contributed by atoms with van der Waals surface area (Å²) in [4.78, 5) is 23.8. The Morgan fingerprint density at radius 2 is 2.07 bits per heavy atom. The second kappa shape index (κ2) is 11.1. The number of allylic oxidation sites excluding steroid dienone is 2. The van der Waals surface area contributed by atoms with Gasteiger partial charge in [0.1, 0.15) is 11.9 Å². The Morgan fingerprint density at radius 1 is 1.30 bits per heavy atom. The van der Waals surface area contributed by atoms with Crippen molar-refractivity contribution in [2.24, 2.45) is 17.3 Å². The number of aliphatic hydroxyl groups is 2. The summed E-state index contributed by atoms with van der Waals surface area (Å²) in [5.41, 5.74) is 0.551. The zero-order valence-electron chi connectivity index (χ0n) is 17.0. The van der Waals surface area contributed by atoms with Gasteiger partial charge in [0, 0.05) is 18.8 Å². The Labute approximate surface area is 164 Å². The molecule has 0 spiro atoms. The minimum atomic E-state index is -1.23. The fraction of sp³-hybridized carbons (Fsp3) is 0.826. The number of aliphatic hydroxyl groups excluding tert-OH is 2. The summed E-state index contributed by atoms with van der Waals surface area (Å²) in [5, 5.41) is 18.0. The molecule has 3 atom stereocenters. The molecule has 154 valence electrons. The van der Waals surface area contributed by atoms with Crippen LogP contribution in [0, 0.1) is 17.3 Å². The average molecular weight is 379 g/mol. The lowest BCUT2D eigenvalue weighted by Gasteiger charge is -2.41. The van der Waals surface area contributed by atoms with Gasteiger partial charge in [-0.25, -0.2) is 0 Å². The summed E-state index contributed by atoms with van der Waals surface area (Å²) >= 11 is 0. The average Bonchev–Trinajstić information content (AvgIpc) is 2.98. The molecule has 2 saturated carbocycles. The van der Waals surface area contributed by atoms with Crippen molar-refractivity contribution in [1.82, 2.24) is 0 Å². The molecule has 0 aliphatic heterocycles. The highest BCUT2D eigenvalue weighted by Gasteiger charge is 2.35. The van der Waals surface area contributed by atoms with Crippen LogP contribution in [-0.4, -0.2) is 34.5 Å². The summed E-state index contributed by atoms with van der Waals surface area (Å²) in [7, 11) is 0. The molecular formula is C23H38O4. The van der Waals surface area contributed by atoms with Crippen molar-refractivity contribution < 1.29 is 19.8 Å². The third-order valence-corrected chi connectivity index (χ3v) is 6.77. The second-order valence-electron chi connectivity index (χ2n) is 8.78. The first-order chi connectivity index (χ1) is 13.0. The van der Waals surface area contributed by atoms with Crippen LogP contribution in [0.15, 0.2) is 12.2 Å². The van der Waals surface area contributed by atoms with E-state index in [1.807, 2.05) is 0 Å². The molecule has 0 amide bonds. The zero-order valence-corrected chi connectivity index (χ0v) is 17.0. The van der Waals surface area contributed by atoms with E-state index in [2.05, 4.69) is 19.1 Å². The van der Waals surface area contributed by atoms with Crippen LogP contribution in [0.4, 0.5) is 0 Å². The van der Waals surface area contributed by atoms with Crippen molar-refractivity contribution in [1.29, 1.82) is 0 Å². The van der Waals surface area contributed by atoms with Crippen LogP contribution in [0.1, 0.15) is 90.4 Å². The van der Waals surface area contributed by atoms with E-state index in [4.69, 9.17) is 5.11 Å². The lowest BCUT2D eigenvalue weighted by molar-refractivity contribution is -0.129. The van der Waals surface area contributed by atoms with E-state index in [1.165, 1.54) is 38.5 Å². The van der Waals surface area contributed by atoms with E-state index >= 15 is 0 Å². The lowest BCUT2D eigenvalue weighted by atomic mass is 9.64. The number of carbonyl (C=O) groups is 2. The van der Waals surface area contributed by atoms with Gasteiger partial charge in [-0.2, -0.15) is 0 Å². The standard InChI is InChI=1S/C23H38O4/c1-2-13-23(15-7-16-23)14-6-8-18-11-12-20(25)19(18)9-4-3-5-10-21(26)22(27)17-24/h6,8,18-19,22,24,27H,2-5,7,9-17H2,1H3/t18-,19+,22?/m0/s1. The summed E-state index contributed by atoms with van der Waals surface area (Å²) in [6.07, 6.45) is 16.8. The first-order valence-corrected chi connectivity index (χ1v) is 11.0. The van der Waals surface area contributed by atoms with Crippen LogP contribution in [0.5, 0.6) is 0 Å². The van der Waals surface area contributed by atoms with Crippen molar-refractivity contribution in [3.05, 3.63) is 12.2 Å². The Balaban J connectivity index is 1.70.